The Morgan fingerprint density at radius 3 is 2.55 bits per heavy atom. The number of benzene rings is 2. The van der Waals surface area contributed by atoms with E-state index in [1.54, 1.807) is 37.5 Å². The molecular weight excluding hydrogens is 413 g/mol. The quantitative estimate of drug-likeness (QED) is 0.533. The van der Waals surface area contributed by atoms with Crippen LogP contribution in [0, 0.1) is 23.0 Å². The van der Waals surface area contributed by atoms with E-state index in [1.807, 2.05) is 0 Å². The molecule has 2 nitrogen and oxygen atoms in total. The van der Waals surface area contributed by atoms with Gasteiger partial charge in [-0.15, -0.1) is 0 Å². The molecule has 1 saturated heterocycles. The molecule has 3 atom stereocenters. The van der Waals surface area contributed by atoms with Crippen molar-refractivity contribution in [3.05, 3.63) is 69.2 Å². The molecule has 0 bridgehead atoms. The minimum atomic E-state index is -0.887. The SMILES string of the molecule is CN=CC1(c2ccc(Cl)cc2F)C(CC(C)(C)C)CNC1c1cccc(Cl)c1F. The smallest absolute Gasteiger partial charge is 0.146 e. The molecule has 6 heteroatoms. The molecule has 1 heterocycles. The van der Waals surface area contributed by atoms with Crippen LogP contribution in [0.5, 0.6) is 0 Å². The van der Waals surface area contributed by atoms with Gasteiger partial charge in [0.2, 0.25) is 0 Å². The largest absolute Gasteiger partial charge is 0.308 e. The van der Waals surface area contributed by atoms with Crippen molar-refractivity contribution in [3.8, 4) is 0 Å². The molecule has 0 aromatic heterocycles. The van der Waals surface area contributed by atoms with Crippen molar-refractivity contribution in [3.63, 3.8) is 0 Å². The van der Waals surface area contributed by atoms with Crippen LogP contribution in [0.4, 0.5) is 8.78 Å². The number of aliphatic imine (C=N–C) groups is 1. The lowest BCUT2D eigenvalue weighted by atomic mass is 9.63. The van der Waals surface area contributed by atoms with E-state index in [4.69, 9.17) is 23.2 Å². The Kier molecular flexibility index (Phi) is 6.38. The predicted octanol–water partition coefficient (Wildman–Crippen LogP) is 6.61. The van der Waals surface area contributed by atoms with Gasteiger partial charge in [0.25, 0.3) is 0 Å². The summed E-state index contributed by atoms with van der Waals surface area (Å²) < 4.78 is 30.3. The summed E-state index contributed by atoms with van der Waals surface area (Å²) in [5.74, 6) is -0.927. The van der Waals surface area contributed by atoms with Crippen LogP contribution in [0.15, 0.2) is 41.4 Å². The van der Waals surface area contributed by atoms with Crippen molar-refractivity contribution in [2.45, 2.75) is 38.6 Å². The van der Waals surface area contributed by atoms with Crippen molar-refractivity contribution < 1.29 is 8.78 Å². The number of hydrogen-bond donors (Lipinski definition) is 1. The fourth-order valence-corrected chi connectivity index (χ4v) is 4.94. The van der Waals surface area contributed by atoms with Crippen LogP contribution in [-0.4, -0.2) is 19.8 Å². The molecule has 1 fully saturated rings. The summed E-state index contributed by atoms with van der Waals surface area (Å²) in [6.07, 6.45) is 2.56. The van der Waals surface area contributed by atoms with Gasteiger partial charge in [0.05, 0.1) is 16.5 Å². The number of halogens is 4. The maximum absolute atomic E-state index is 15.3. The Hall–Kier alpha value is -1.49. The summed E-state index contributed by atoms with van der Waals surface area (Å²) in [4.78, 5) is 4.32. The van der Waals surface area contributed by atoms with E-state index < -0.39 is 23.1 Å². The van der Waals surface area contributed by atoms with E-state index in [0.29, 0.717) is 22.7 Å². The van der Waals surface area contributed by atoms with Gasteiger partial charge in [-0.1, -0.05) is 62.2 Å². The summed E-state index contributed by atoms with van der Waals surface area (Å²) in [6, 6.07) is 9.07. The summed E-state index contributed by atoms with van der Waals surface area (Å²) in [7, 11) is 1.66. The number of rotatable bonds is 4. The number of nitrogens with zero attached hydrogens (tertiary/aromatic N) is 1. The van der Waals surface area contributed by atoms with Crippen molar-refractivity contribution in [1.82, 2.24) is 5.32 Å². The van der Waals surface area contributed by atoms with Crippen LogP contribution >= 0.6 is 23.2 Å². The molecule has 3 rings (SSSR count). The zero-order valence-corrected chi connectivity index (χ0v) is 18.6. The lowest BCUT2D eigenvalue weighted by molar-refractivity contribution is 0.256. The first-order valence-electron chi connectivity index (χ1n) is 9.66. The second kappa shape index (κ2) is 8.33. The van der Waals surface area contributed by atoms with Gasteiger partial charge < -0.3 is 5.32 Å². The molecule has 0 radical (unpaired) electrons. The molecule has 0 spiro atoms. The molecule has 29 heavy (non-hydrogen) atoms. The van der Waals surface area contributed by atoms with Crippen molar-refractivity contribution in [2.75, 3.05) is 13.6 Å². The molecule has 0 saturated carbocycles. The highest BCUT2D eigenvalue weighted by molar-refractivity contribution is 6.31. The topological polar surface area (TPSA) is 24.4 Å². The first-order chi connectivity index (χ1) is 13.6. The monoisotopic (exact) mass is 438 g/mol. The van der Waals surface area contributed by atoms with Gasteiger partial charge in [0, 0.05) is 29.4 Å². The molecule has 1 aliphatic rings. The Morgan fingerprint density at radius 2 is 1.93 bits per heavy atom. The Balaban J connectivity index is 2.28. The fraction of sp³-hybridized carbons (Fsp3) is 0.435. The van der Waals surface area contributed by atoms with Gasteiger partial charge in [0.1, 0.15) is 11.6 Å². The third-order valence-electron chi connectivity index (χ3n) is 5.61. The Morgan fingerprint density at radius 1 is 1.21 bits per heavy atom. The molecule has 0 amide bonds. The molecule has 2 aromatic rings. The van der Waals surface area contributed by atoms with E-state index in [0.717, 1.165) is 6.42 Å². The lowest BCUT2D eigenvalue weighted by Crippen LogP contribution is -2.42. The first-order valence-corrected chi connectivity index (χ1v) is 10.4. The zero-order valence-electron chi connectivity index (χ0n) is 17.1. The van der Waals surface area contributed by atoms with E-state index >= 15 is 8.78 Å². The number of nitrogens with one attached hydrogen (secondary N) is 1. The second-order valence-corrected chi connectivity index (χ2v) is 9.73. The minimum absolute atomic E-state index is 0.00902. The van der Waals surface area contributed by atoms with Crippen LogP contribution in [-0.2, 0) is 5.41 Å². The van der Waals surface area contributed by atoms with E-state index in [1.165, 1.54) is 12.1 Å². The predicted molar refractivity (Wildman–Crippen MR) is 117 cm³/mol. The van der Waals surface area contributed by atoms with Crippen LogP contribution in [0.2, 0.25) is 10.0 Å². The van der Waals surface area contributed by atoms with Gasteiger partial charge >= 0.3 is 0 Å². The zero-order chi connectivity index (χ0) is 21.4. The van der Waals surface area contributed by atoms with E-state index in [-0.39, 0.29) is 16.4 Å². The normalized spacial score (nSPS) is 25.1. The minimum Gasteiger partial charge on any atom is -0.308 e. The highest BCUT2D eigenvalue weighted by Crippen LogP contribution is 2.51. The summed E-state index contributed by atoms with van der Waals surface area (Å²) in [5, 5.41) is 3.80. The Labute approximate surface area is 181 Å². The van der Waals surface area contributed by atoms with Gasteiger partial charge in [-0.25, -0.2) is 8.78 Å². The average Bonchev–Trinajstić information content (AvgIpc) is 2.94. The lowest BCUT2D eigenvalue weighted by Gasteiger charge is -2.40. The summed E-state index contributed by atoms with van der Waals surface area (Å²) >= 11 is 12.1. The number of hydrogen-bond acceptors (Lipinski definition) is 2. The second-order valence-electron chi connectivity index (χ2n) is 8.89. The molecule has 156 valence electrons. The van der Waals surface area contributed by atoms with Crippen LogP contribution in [0.1, 0.15) is 44.4 Å². The Bertz CT molecular complexity index is 924. The highest BCUT2D eigenvalue weighted by Gasteiger charge is 2.53. The van der Waals surface area contributed by atoms with Crippen LogP contribution in [0.25, 0.3) is 0 Å². The van der Waals surface area contributed by atoms with Gasteiger partial charge in [0.15, 0.2) is 0 Å². The average molecular weight is 439 g/mol. The maximum Gasteiger partial charge on any atom is 0.146 e. The first kappa shape index (κ1) is 22.2. The van der Waals surface area contributed by atoms with Crippen molar-refractivity contribution in [2.24, 2.45) is 16.3 Å². The standard InChI is InChI=1S/C23H26Cl2F2N2/c1-22(2,3)11-14-12-29-21(16-6-5-7-18(25)20(16)27)23(14,13-28-4)17-9-8-15(24)10-19(17)26/h5-10,13-14,21,29H,11-12H2,1-4H3. The molecule has 1 N–H and O–H groups in total. The van der Waals surface area contributed by atoms with E-state index in [9.17, 15) is 0 Å². The molecule has 0 aliphatic carbocycles. The van der Waals surface area contributed by atoms with Gasteiger partial charge in [-0.05, 0) is 42.5 Å². The van der Waals surface area contributed by atoms with Gasteiger partial charge in [-0.2, -0.15) is 0 Å². The third-order valence-corrected chi connectivity index (χ3v) is 6.14. The van der Waals surface area contributed by atoms with Crippen molar-refractivity contribution in [1.29, 1.82) is 0 Å². The summed E-state index contributed by atoms with van der Waals surface area (Å²) in [6.45, 7) is 7.03. The molecule has 3 unspecified atom stereocenters. The molecular formula is C23H26Cl2F2N2. The van der Waals surface area contributed by atoms with Crippen molar-refractivity contribution >= 4 is 29.4 Å². The van der Waals surface area contributed by atoms with E-state index in [2.05, 4.69) is 31.1 Å². The summed E-state index contributed by atoms with van der Waals surface area (Å²) in [5.41, 5.74) is -0.0363. The van der Waals surface area contributed by atoms with Crippen LogP contribution < -0.4 is 5.32 Å². The van der Waals surface area contributed by atoms with Gasteiger partial charge in [-0.3, -0.25) is 4.99 Å². The highest BCUT2D eigenvalue weighted by atomic mass is 35.5. The van der Waals surface area contributed by atoms with Crippen LogP contribution in [0.3, 0.4) is 0 Å². The molecule has 2 aromatic carbocycles. The third kappa shape index (κ3) is 4.21. The maximum atomic E-state index is 15.3. The fourth-order valence-electron chi connectivity index (χ4n) is 4.60. The molecule has 1 aliphatic heterocycles.